The molecule has 0 radical (unpaired) electrons. The molecule has 1 amide bonds. The van der Waals surface area contributed by atoms with Crippen molar-refractivity contribution in [3.8, 4) is 16.9 Å². The van der Waals surface area contributed by atoms with Crippen molar-refractivity contribution in [2.45, 2.75) is 64.5 Å². The van der Waals surface area contributed by atoms with Gasteiger partial charge in [-0.25, -0.2) is 9.37 Å². The van der Waals surface area contributed by atoms with Crippen LogP contribution in [0.4, 0.5) is 10.1 Å². The molecule has 0 atom stereocenters. The second-order valence-corrected chi connectivity index (χ2v) is 16.1. The number of nitrogens with one attached hydrogen (secondary N) is 2. The number of carboxylic acids is 1. The van der Waals surface area contributed by atoms with Gasteiger partial charge in [-0.2, -0.15) is 0 Å². The first kappa shape index (κ1) is 39.9. The quantitative estimate of drug-likeness (QED) is 0.0887. The number of hydrogen-bond acceptors (Lipinski definition) is 8. The number of aliphatic hydroxyl groups is 1. The predicted octanol–water partition coefficient (Wildman–Crippen LogP) is 7.77. The molecule has 2 aromatic carbocycles. The second-order valence-electron chi connectivity index (χ2n) is 15.4. The smallest absolute Gasteiger partial charge is 0.309 e. The predicted molar refractivity (Wildman–Crippen MR) is 215 cm³/mol. The Bertz CT molecular complexity index is 2160. The van der Waals surface area contributed by atoms with E-state index in [-0.39, 0.29) is 33.6 Å². The maximum absolute atomic E-state index is 15.6. The molecule has 2 fully saturated rings. The number of carbonyl (C=O) groups excluding carboxylic acids is 1. The van der Waals surface area contributed by atoms with Crippen molar-refractivity contribution >= 4 is 52.7 Å². The van der Waals surface area contributed by atoms with E-state index in [4.69, 9.17) is 38.0 Å². The number of anilines is 1. The molecular weight excluding hydrogens is 758 g/mol. The third-order valence-corrected chi connectivity index (χ3v) is 12.8. The summed E-state index contributed by atoms with van der Waals surface area (Å²) in [4.78, 5) is 37.1. The summed E-state index contributed by atoms with van der Waals surface area (Å²) in [5, 5.41) is 25.5. The number of carbonyl (C=O) groups is 2. The standard InChI is InChI=1S/C42H47Cl2FN6O5/c1-50-34-10-17-51(18-15-41-11-13-42(25-41,14-12-41)40(54)55)24-33(34)48-38(50)39(53)49-31-9-4-8-29(37(31)44)28-7-3-6-26(36(28)43)20-30(45)32-21-35(56-2)27(23-47-32)22-46-16-5-19-52/h3-4,6-9,20-21,23,46,52H,5,10-19,22,24-25H2,1-2H3,(H,49,53)(H,54,55)/b30-20-. The zero-order chi connectivity index (χ0) is 39.6. The Morgan fingerprint density at radius 2 is 1.84 bits per heavy atom. The van der Waals surface area contributed by atoms with Gasteiger partial charge in [-0.15, -0.1) is 0 Å². The number of amides is 1. The molecule has 11 nitrogen and oxygen atoms in total. The number of nitrogens with zero attached hydrogens (tertiary/aromatic N) is 4. The number of imidazole rings is 1. The van der Waals surface area contributed by atoms with Gasteiger partial charge < -0.3 is 30.2 Å². The number of carboxylic acid groups (broad SMARTS) is 1. The van der Waals surface area contributed by atoms with Crippen molar-refractivity contribution in [2.75, 3.05) is 38.7 Å². The number of benzene rings is 2. The lowest BCUT2D eigenvalue weighted by Gasteiger charge is -2.32. The summed E-state index contributed by atoms with van der Waals surface area (Å²) < 4.78 is 23.0. The third kappa shape index (κ3) is 7.95. The fourth-order valence-corrected chi connectivity index (χ4v) is 9.33. The van der Waals surface area contributed by atoms with Gasteiger partial charge in [0.2, 0.25) is 0 Å². The first-order valence-corrected chi connectivity index (χ1v) is 19.8. The second kappa shape index (κ2) is 16.6. The Kier molecular flexibility index (Phi) is 11.9. The molecular formula is C42H47Cl2FN6O5. The zero-order valence-corrected chi connectivity index (χ0v) is 33.1. The monoisotopic (exact) mass is 804 g/mol. The van der Waals surface area contributed by atoms with Crippen LogP contribution in [0.3, 0.4) is 0 Å². The van der Waals surface area contributed by atoms with Crippen LogP contribution in [-0.4, -0.2) is 74.9 Å². The molecule has 0 spiro atoms. The van der Waals surface area contributed by atoms with Crippen LogP contribution < -0.4 is 15.4 Å². The lowest BCUT2D eigenvalue weighted by atomic mass is 9.80. The van der Waals surface area contributed by atoms with E-state index >= 15 is 4.39 Å². The average molecular weight is 806 g/mol. The lowest BCUT2D eigenvalue weighted by molar-refractivity contribution is -0.148. The van der Waals surface area contributed by atoms with Gasteiger partial charge in [0.15, 0.2) is 5.82 Å². The van der Waals surface area contributed by atoms with Gasteiger partial charge >= 0.3 is 5.97 Å². The number of rotatable bonds is 15. The number of fused-ring (bicyclic) bond motifs is 3. The average Bonchev–Trinajstić information content (AvgIpc) is 3.88. The third-order valence-electron chi connectivity index (χ3n) is 12.0. The van der Waals surface area contributed by atoms with Gasteiger partial charge in [0.05, 0.1) is 34.0 Å². The van der Waals surface area contributed by atoms with Gasteiger partial charge in [-0.3, -0.25) is 19.5 Å². The number of aromatic nitrogens is 3. The molecule has 1 aliphatic heterocycles. The number of pyridine rings is 1. The molecule has 296 valence electrons. The summed E-state index contributed by atoms with van der Waals surface area (Å²) in [6.45, 7) is 3.53. The Morgan fingerprint density at radius 3 is 2.55 bits per heavy atom. The number of hydrogen-bond donors (Lipinski definition) is 4. The van der Waals surface area contributed by atoms with Crippen LogP contribution in [0.5, 0.6) is 5.75 Å². The van der Waals surface area contributed by atoms with E-state index in [0.29, 0.717) is 54.2 Å². The molecule has 0 saturated heterocycles. The van der Waals surface area contributed by atoms with Crippen LogP contribution in [0.25, 0.3) is 23.0 Å². The Balaban J connectivity index is 1.03. The largest absolute Gasteiger partial charge is 0.496 e. The highest BCUT2D eigenvalue weighted by molar-refractivity contribution is 6.39. The first-order chi connectivity index (χ1) is 27.0. The van der Waals surface area contributed by atoms with Gasteiger partial charge in [0.1, 0.15) is 17.3 Å². The van der Waals surface area contributed by atoms with E-state index in [1.54, 1.807) is 42.6 Å². The summed E-state index contributed by atoms with van der Waals surface area (Å²) in [5.74, 6) is -0.875. The van der Waals surface area contributed by atoms with Crippen LogP contribution in [0.2, 0.25) is 10.0 Å². The van der Waals surface area contributed by atoms with Gasteiger partial charge in [-0.05, 0) is 81.2 Å². The van der Waals surface area contributed by atoms with Crippen LogP contribution in [0.15, 0.2) is 48.7 Å². The molecule has 2 aromatic heterocycles. The number of methoxy groups -OCH3 is 1. The molecule has 7 rings (SSSR count). The molecule has 2 saturated carbocycles. The molecule has 14 heteroatoms. The van der Waals surface area contributed by atoms with Gasteiger partial charge in [0, 0.05) is 74.4 Å². The van der Waals surface area contributed by atoms with E-state index in [1.807, 2.05) is 11.6 Å². The number of halogens is 3. The van der Waals surface area contributed by atoms with E-state index in [0.717, 1.165) is 75.0 Å². The van der Waals surface area contributed by atoms with Gasteiger partial charge in [0.25, 0.3) is 5.91 Å². The minimum atomic E-state index is -0.635. The Morgan fingerprint density at radius 1 is 1.09 bits per heavy atom. The van der Waals surface area contributed by atoms with Crippen LogP contribution >= 0.6 is 23.2 Å². The topological polar surface area (TPSA) is 142 Å². The highest BCUT2D eigenvalue weighted by atomic mass is 35.5. The lowest BCUT2D eigenvalue weighted by Crippen LogP contribution is -2.34. The van der Waals surface area contributed by atoms with Crippen molar-refractivity contribution in [1.29, 1.82) is 0 Å². The molecule has 2 bridgehead atoms. The molecule has 3 aliphatic rings. The fourth-order valence-electron chi connectivity index (χ4n) is 8.77. The Hall–Kier alpha value is -4.33. The van der Waals surface area contributed by atoms with E-state index < -0.39 is 23.1 Å². The molecule has 4 aromatic rings. The summed E-state index contributed by atoms with van der Waals surface area (Å²) in [6.07, 6.45) is 9.55. The molecule has 4 N–H and O–H groups in total. The molecule has 2 aliphatic carbocycles. The molecule has 56 heavy (non-hydrogen) atoms. The van der Waals surface area contributed by atoms with Crippen molar-refractivity contribution in [1.82, 2.24) is 24.8 Å². The summed E-state index contributed by atoms with van der Waals surface area (Å²) in [7, 11) is 3.37. The van der Waals surface area contributed by atoms with Crippen LogP contribution in [0.1, 0.15) is 83.8 Å². The minimum absolute atomic E-state index is 0.0832. The highest BCUT2D eigenvalue weighted by Crippen LogP contribution is 2.63. The molecule has 0 unspecified atom stereocenters. The van der Waals surface area contributed by atoms with Crippen LogP contribution in [-0.2, 0) is 31.4 Å². The van der Waals surface area contributed by atoms with E-state index in [1.165, 1.54) is 19.3 Å². The summed E-state index contributed by atoms with van der Waals surface area (Å²) in [6, 6.07) is 12.0. The highest BCUT2D eigenvalue weighted by Gasteiger charge is 2.57. The zero-order valence-electron chi connectivity index (χ0n) is 31.6. The normalized spacial score (nSPS) is 20.6. The van der Waals surface area contributed by atoms with Crippen molar-refractivity contribution < 1.29 is 28.9 Å². The van der Waals surface area contributed by atoms with Crippen molar-refractivity contribution in [2.24, 2.45) is 17.9 Å². The summed E-state index contributed by atoms with van der Waals surface area (Å²) in [5.41, 5.74) is 4.25. The van der Waals surface area contributed by atoms with Gasteiger partial charge in [-0.1, -0.05) is 53.5 Å². The minimum Gasteiger partial charge on any atom is -0.496 e. The number of aliphatic carboxylic acids is 1. The van der Waals surface area contributed by atoms with Crippen molar-refractivity contribution in [3.05, 3.63) is 92.7 Å². The fraction of sp³-hybridized carbons (Fsp3) is 0.429. The van der Waals surface area contributed by atoms with E-state index in [2.05, 4.69) is 20.5 Å². The Labute approximate surface area is 335 Å². The summed E-state index contributed by atoms with van der Waals surface area (Å²) >= 11 is 13.8. The maximum Gasteiger partial charge on any atom is 0.309 e. The number of aliphatic hydroxyl groups excluding tert-OH is 1. The van der Waals surface area contributed by atoms with Crippen LogP contribution in [0, 0.1) is 10.8 Å². The van der Waals surface area contributed by atoms with E-state index in [9.17, 15) is 14.7 Å². The first-order valence-electron chi connectivity index (χ1n) is 19.1. The van der Waals surface area contributed by atoms with Crippen molar-refractivity contribution in [3.63, 3.8) is 0 Å². The molecule has 3 heterocycles. The maximum atomic E-state index is 15.6. The number of ether oxygens (including phenoxy) is 1. The SMILES string of the molecule is COc1cc(/C(F)=C/c2cccc(-c3cccc(NC(=O)c4nc5c(n4C)CCN(CCC46CCC(C(=O)O)(CC4)C6)C5)c3Cl)c2Cl)ncc1CNCCCO.